The first-order valence-electron chi connectivity index (χ1n) is 5.87. The van der Waals surface area contributed by atoms with Crippen LogP contribution in [-0.4, -0.2) is 41.0 Å². The van der Waals surface area contributed by atoms with E-state index in [0.717, 1.165) is 11.8 Å². The number of esters is 1. The summed E-state index contributed by atoms with van der Waals surface area (Å²) >= 11 is 0. The Kier molecular flexibility index (Phi) is 5.98. The molecule has 1 aromatic carbocycles. The summed E-state index contributed by atoms with van der Waals surface area (Å²) in [4.78, 5) is 11.6. The standard InChI is InChI=1S/C13H18O5S/c1-17-9-10-18-13(14)8-5-11-3-6-12(7-4-11)19(2,15)16/h3-4,6-7H,5,8-10H2,1-2H3. The number of ether oxygens (including phenoxy) is 2. The molecule has 0 unspecified atom stereocenters. The molecule has 0 radical (unpaired) electrons. The molecule has 1 rings (SSSR count). The first kappa shape index (κ1) is 15.7. The zero-order valence-corrected chi connectivity index (χ0v) is 11.9. The molecule has 0 aliphatic rings. The van der Waals surface area contributed by atoms with Gasteiger partial charge in [0.05, 0.1) is 11.5 Å². The van der Waals surface area contributed by atoms with Crippen LogP contribution in [0.5, 0.6) is 0 Å². The summed E-state index contributed by atoms with van der Waals surface area (Å²) in [5.41, 5.74) is 0.899. The largest absolute Gasteiger partial charge is 0.463 e. The van der Waals surface area contributed by atoms with Gasteiger partial charge in [0.15, 0.2) is 9.84 Å². The third kappa shape index (κ3) is 5.85. The molecule has 0 fully saturated rings. The maximum atomic E-state index is 11.3. The molecule has 0 atom stereocenters. The monoisotopic (exact) mass is 286 g/mol. The van der Waals surface area contributed by atoms with E-state index in [0.29, 0.717) is 13.0 Å². The molecule has 0 aliphatic heterocycles. The second kappa shape index (κ2) is 7.25. The molecule has 0 N–H and O–H groups in total. The van der Waals surface area contributed by atoms with Crippen molar-refractivity contribution < 1.29 is 22.7 Å². The van der Waals surface area contributed by atoms with Gasteiger partial charge < -0.3 is 9.47 Å². The van der Waals surface area contributed by atoms with Gasteiger partial charge >= 0.3 is 5.97 Å². The normalized spacial score (nSPS) is 11.3. The van der Waals surface area contributed by atoms with Crippen molar-refractivity contribution >= 4 is 15.8 Å². The fourth-order valence-electron chi connectivity index (χ4n) is 1.46. The van der Waals surface area contributed by atoms with Crippen molar-refractivity contribution in [3.05, 3.63) is 29.8 Å². The fraction of sp³-hybridized carbons (Fsp3) is 0.462. The number of hydrogen-bond donors (Lipinski definition) is 0. The van der Waals surface area contributed by atoms with Crippen LogP contribution in [0.15, 0.2) is 29.2 Å². The number of methoxy groups -OCH3 is 1. The summed E-state index contributed by atoms with van der Waals surface area (Å²) in [7, 11) is -1.63. The van der Waals surface area contributed by atoms with E-state index in [4.69, 9.17) is 9.47 Å². The van der Waals surface area contributed by atoms with Crippen molar-refractivity contribution in [2.75, 3.05) is 26.6 Å². The molecule has 6 heteroatoms. The molecule has 0 aromatic heterocycles. The average molecular weight is 286 g/mol. The van der Waals surface area contributed by atoms with Gasteiger partial charge in [0, 0.05) is 19.8 Å². The lowest BCUT2D eigenvalue weighted by atomic mass is 10.1. The Balaban J connectivity index is 2.44. The molecule has 0 saturated heterocycles. The maximum absolute atomic E-state index is 11.3. The third-order valence-corrected chi connectivity index (χ3v) is 3.65. The highest BCUT2D eigenvalue weighted by molar-refractivity contribution is 7.90. The average Bonchev–Trinajstić information content (AvgIpc) is 2.36. The Morgan fingerprint density at radius 3 is 2.32 bits per heavy atom. The summed E-state index contributed by atoms with van der Waals surface area (Å²) in [5, 5.41) is 0. The number of sulfone groups is 1. The van der Waals surface area contributed by atoms with Gasteiger partial charge in [-0.3, -0.25) is 4.79 Å². The van der Waals surface area contributed by atoms with Crippen LogP contribution in [0, 0.1) is 0 Å². The van der Waals surface area contributed by atoms with Crippen molar-refractivity contribution in [1.29, 1.82) is 0 Å². The van der Waals surface area contributed by atoms with E-state index < -0.39 is 9.84 Å². The second-order valence-corrected chi connectivity index (χ2v) is 6.15. The zero-order valence-electron chi connectivity index (χ0n) is 11.1. The van der Waals surface area contributed by atoms with Gasteiger partial charge in [0.1, 0.15) is 6.61 Å². The Labute approximate surface area is 113 Å². The number of aryl methyl sites for hydroxylation is 1. The molecule has 106 valence electrons. The van der Waals surface area contributed by atoms with Crippen molar-refractivity contribution in [2.45, 2.75) is 17.7 Å². The van der Waals surface area contributed by atoms with Crippen molar-refractivity contribution in [1.82, 2.24) is 0 Å². The molecule has 1 aromatic rings. The number of hydrogen-bond acceptors (Lipinski definition) is 5. The first-order chi connectivity index (χ1) is 8.93. The third-order valence-electron chi connectivity index (χ3n) is 2.52. The zero-order chi connectivity index (χ0) is 14.3. The van der Waals surface area contributed by atoms with Crippen LogP contribution >= 0.6 is 0 Å². The van der Waals surface area contributed by atoms with Gasteiger partial charge in [-0.15, -0.1) is 0 Å². The second-order valence-electron chi connectivity index (χ2n) is 4.13. The first-order valence-corrected chi connectivity index (χ1v) is 7.76. The molecule has 5 nitrogen and oxygen atoms in total. The van der Waals surface area contributed by atoms with Gasteiger partial charge in [0.25, 0.3) is 0 Å². The minimum Gasteiger partial charge on any atom is -0.463 e. The van der Waals surface area contributed by atoms with Crippen LogP contribution in [0.4, 0.5) is 0 Å². The molecule has 0 saturated carbocycles. The predicted molar refractivity (Wildman–Crippen MR) is 70.7 cm³/mol. The van der Waals surface area contributed by atoms with Crippen LogP contribution in [0.3, 0.4) is 0 Å². The van der Waals surface area contributed by atoms with E-state index in [-0.39, 0.29) is 23.9 Å². The minimum absolute atomic E-state index is 0.252. The summed E-state index contributed by atoms with van der Waals surface area (Å²) in [6.45, 7) is 0.636. The Morgan fingerprint density at radius 2 is 1.79 bits per heavy atom. The van der Waals surface area contributed by atoms with Crippen LogP contribution in [-0.2, 0) is 30.5 Å². The van der Waals surface area contributed by atoms with Gasteiger partial charge in [0.2, 0.25) is 0 Å². The van der Waals surface area contributed by atoms with E-state index in [1.807, 2.05) is 0 Å². The highest BCUT2D eigenvalue weighted by Crippen LogP contribution is 2.11. The molecule has 0 heterocycles. The van der Waals surface area contributed by atoms with Crippen LogP contribution in [0.2, 0.25) is 0 Å². The Bertz CT molecular complexity index is 504. The quantitative estimate of drug-likeness (QED) is 0.556. The van der Waals surface area contributed by atoms with E-state index >= 15 is 0 Å². The number of carbonyl (C=O) groups is 1. The topological polar surface area (TPSA) is 69.7 Å². The summed E-state index contributed by atoms with van der Waals surface area (Å²) in [6, 6.07) is 6.50. The highest BCUT2D eigenvalue weighted by atomic mass is 32.2. The molecular formula is C13H18O5S. The number of rotatable bonds is 7. The lowest BCUT2D eigenvalue weighted by Gasteiger charge is -2.05. The molecule has 0 spiro atoms. The summed E-state index contributed by atoms with van der Waals surface area (Å²) in [5.74, 6) is -0.288. The molecule has 0 aliphatic carbocycles. The maximum Gasteiger partial charge on any atom is 0.306 e. The minimum atomic E-state index is -3.17. The van der Waals surface area contributed by atoms with Gasteiger partial charge in [-0.1, -0.05) is 12.1 Å². The molecule has 19 heavy (non-hydrogen) atoms. The predicted octanol–water partition coefficient (Wildman–Crippen LogP) is 1.21. The number of carbonyl (C=O) groups excluding carboxylic acids is 1. The molecular weight excluding hydrogens is 268 g/mol. The van der Waals surface area contributed by atoms with Crippen LogP contribution < -0.4 is 0 Å². The van der Waals surface area contributed by atoms with E-state index in [1.165, 1.54) is 7.11 Å². The summed E-state index contributed by atoms with van der Waals surface area (Å²) < 4.78 is 32.2. The number of benzene rings is 1. The Hall–Kier alpha value is -1.40. The lowest BCUT2D eigenvalue weighted by molar-refractivity contribution is -0.144. The van der Waals surface area contributed by atoms with Gasteiger partial charge in [-0.05, 0) is 24.1 Å². The highest BCUT2D eigenvalue weighted by Gasteiger charge is 2.07. The van der Waals surface area contributed by atoms with Gasteiger partial charge in [-0.25, -0.2) is 8.42 Å². The fourth-order valence-corrected chi connectivity index (χ4v) is 2.09. The lowest BCUT2D eigenvalue weighted by Crippen LogP contribution is -2.10. The van der Waals surface area contributed by atoms with Crippen molar-refractivity contribution in [3.8, 4) is 0 Å². The summed E-state index contributed by atoms with van der Waals surface area (Å²) in [6.07, 6.45) is 1.95. The van der Waals surface area contributed by atoms with Crippen LogP contribution in [0.1, 0.15) is 12.0 Å². The molecule has 0 bridgehead atoms. The smallest absolute Gasteiger partial charge is 0.306 e. The SMILES string of the molecule is COCCOC(=O)CCc1ccc(S(C)(=O)=O)cc1. The van der Waals surface area contributed by atoms with E-state index in [1.54, 1.807) is 24.3 Å². The van der Waals surface area contributed by atoms with Gasteiger partial charge in [-0.2, -0.15) is 0 Å². The molecule has 0 amide bonds. The van der Waals surface area contributed by atoms with E-state index in [2.05, 4.69) is 0 Å². The van der Waals surface area contributed by atoms with Crippen LogP contribution in [0.25, 0.3) is 0 Å². The van der Waals surface area contributed by atoms with Crippen molar-refractivity contribution in [3.63, 3.8) is 0 Å². The Morgan fingerprint density at radius 1 is 1.16 bits per heavy atom. The van der Waals surface area contributed by atoms with E-state index in [9.17, 15) is 13.2 Å². The van der Waals surface area contributed by atoms with Crippen molar-refractivity contribution in [2.24, 2.45) is 0 Å².